The minimum absolute atomic E-state index is 0.239. The monoisotopic (exact) mass is 269 g/mol. The van der Waals surface area contributed by atoms with Crippen LogP contribution in [0, 0.1) is 6.92 Å². The van der Waals surface area contributed by atoms with Crippen molar-refractivity contribution >= 4 is 5.84 Å². The van der Waals surface area contributed by atoms with Gasteiger partial charge in [0.25, 0.3) is 0 Å². The van der Waals surface area contributed by atoms with E-state index in [0.717, 1.165) is 24.5 Å². The van der Waals surface area contributed by atoms with Gasteiger partial charge in [0.15, 0.2) is 0 Å². The Morgan fingerprint density at radius 2 is 2.32 bits per heavy atom. The van der Waals surface area contributed by atoms with Crippen molar-refractivity contribution in [2.45, 2.75) is 19.9 Å². The zero-order chi connectivity index (χ0) is 14.3. The van der Waals surface area contributed by atoms with Gasteiger partial charge in [0.1, 0.15) is 5.84 Å². The fourth-order valence-electron chi connectivity index (χ4n) is 1.85. The van der Waals surface area contributed by atoms with Crippen molar-refractivity contribution in [3.63, 3.8) is 0 Å². The fraction of sp³-hybridized carbons (Fsp3) is 0.667. The third-order valence-electron chi connectivity index (χ3n) is 2.91. The first-order chi connectivity index (χ1) is 9.06. The summed E-state index contributed by atoms with van der Waals surface area (Å²) in [5.41, 5.74) is 7.63. The molecular formula is C12H23N5O2. The van der Waals surface area contributed by atoms with Crippen LogP contribution < -0.4 is 5.73 Å². The van der Waals surface area contributed by atoms with Crippen molar-refractivity contribution in [3.05, 3.63) is 17.5 Å². The van der Waals surface area contributed by atoms with Crippen LogP contribution in [0.5, 0.6) is 0 Å². The number of nitrogens with two attached hydrogens (primary N) is 1. The molecule has 19 heavy (non-hydrogen) atoms. The Morgan fingerprint density at radius 1 is 1.58 bits per heavy atom. The predicted molar refractivity (Wildman–Crippen MR) is 73.1 cm³/mol. The first-order valence-electron chi connectivity index (χ1n) is 6.24. The van der Waals surface area contributed by atoms with Crippen molar-refractivity contribution in [2.75, 3.05) is 26.8 Å². The van der Waals surface area contributed by atoms with Crippen LogP contribution in [-0.4, -0.2) is 52.5 Å². The molecule has 0 aliphatic carbocycles. The van der Waals surface area contributed by atoms with Crippen LogP contribution in [-0.2, 0) is 18.3 Å². The van der Waals surface area contributed by atoms with Gasteiger partial charge in [-0.25, -0.2) is 0 Å². The molecule has 0 spiro atoms. The van der Waals surface area contributed by atoms with Gasteiger partial charge < -0.3 is 15.7 Å². The Morgan fingerprint density at radius 3 is 2.84 bits per heavy atom. The van der Waals surface area contributed by atoms with Crippen molar-refractivity contribution < 1.29 is 9.94 Å². The van der Waals surface area contributed by atoms with E-state index in [1.165, 1.54) is 0 Å². The molecule has 7 nitrogen and oxygen atoms in total. The van der Waals surface area contributed by atoms with Gasteiger partial charge in [-0.2, -0.15) is 5.10 Å². The van der Waals surface area contributed by atoms with Crippen LogP contribution in [0.4, 0.5) is 0 Å². The van der Waals surface area contributed by atoms with Crippen LogP contribution in [0.25, 0.3) is 0 Å². The van der Waals surface area contributed by atoms with Gasteiger partial charge in [0, 0.05) is 40.2 Å². The number of ether oxygens (including phenoxy) is 1. The molecule has 7 heteroatoms. The molecule has 0 unspecified atom stereocenters. The molecule has 1 aromatic rings. The summed E-state index contributed by atoms with van der Waals surface area (Å²) >= 11 is 0. The maximum atomic E-state index is 8.57. The van der Waals surface area contributed by atoms with Crippen molar-refractivity contribution in [1.29, 1.82) is 0 Å². The second-order valence-corrected chi connectivity index (χ2v) is 4.51. The summed E-state index contributed by atoms with van der Waals surface area (Å²) in [5, 5.41) is 15.9. The molecule has 0 radical (unpaired) electrons. The van der Waals surface area contributed by atoms with E-state index in [-0.39, 0.29) is 5.84 Å². The third-order valence-corrected chi connectivity index (χ3v) is 2.91. The highest BCUT2D eigenvalue weighted by Crippen LogP contribution is 2.07. The Hall–Kier alpha value is -1.60. The molecule has 0 bridgehead atoms. The molecule has 3 N–H and O–H groups in total. The fourth-order valence-corrected chi connectivity index (χ4v) is 1.85. The highest BCUT2D eigenvalue weighted by molar-refractivity contribution is 5.79. The molecule has 108 valence electrons. The molecule has 0 fully saturated rings. The minimum Gasteiger partial charge on any atom is -0.409 e. The Balaban J connectivity index is 2.60. The highest BCUT2D eigenvalue weighted by atomic mass is 16.5. The van der Waals surface area contributed by atoms with Gasteiger partial charge in [0.2, 0.25) is 0 Å². The van der Waals surface area contributed by atoms with Gasteiger partial charge in [-0.1, -0.05) is 5.16 Å². The Bertz CT molecular complexity index is 416. The lowest BCUT2D eigenvalue weighted by Crippen LogP contribution is -2.31. The summed E-state index contributed by atoms with van der Waals surface area (Å²) < 4.78 is 6.98. The number of aryl methyl sites for hydroxylation is 2. The van der Waals surface area contributed by atoms with E-state index in [4.69, 9.17) is 15.7 Å². The van der Waals surface area contributed by atoms with Crippen molar-refractivity contribution in [3.8, 4) is 0 Å². The molecule has 1 rings (SSSR count). The van der Waals surface area contributed by atoms with Gasteiger partial charge in [-0.15, -0.1) is 0 Å². The van der Waals surface area contributed by atoms with Crippen LogP contribution in [0.2, 0.25) is 0 Å². The Labute approximate surface area is 113 Å². The van der Waals surface area contributed by atoms with E-state index in [2.05, 4.69) is 21.2 Å². The zero-order valence-corrected chi connectivity index (χ0v) is 11.8. The largest absolute Gasteiger partial charge is 0.409 e. The van der Waals surface area contributed by atoms with Gasteiger partial charge >= 0.3 is 0 Å². The molecule has 0 atom stereocenters. The lowest BCUT2D eigenvalue weighted by molar-refractivity contribution is 0.144. The topological polar surface area (TPSA) is 88.9 Å². The maximum Gasteiger partial charge on any atom is 0.140 e. The number of amidine groups is 1. The summed E-state index contributed by atoms with van der Waals surface area (Å²) in [6, 6.07) is 2.06. The number of nitrogens with zero attached hydrogens (tertiary/aromatic N) is 4. The van der Waals surface area contributed by atoms with Crippen LogP contribution in [0.15, 0.2) is 11.2 Å². The summed E-state index contributed by atoms with van der Waals surface area (Å²) in [5.74, 6) is 0.239. The van der Waals surface area contributed by atoms with E-state index >= 15 is 0 Å². The van der Waals surface area contributed by atoms with E-state index in [0.29, 0.717) is 19.6 Å². The van der Waals surface area contributed by atoms with Crippen molar-refractivity contribution in [2.24, 2.45) is 17.9 Å². The minimum atomic E-state index is 0.239. The van der Waals surface area contributed by atoms with E-state index in [1.807, 2.05) is 18.7 Å². The van der Waals surface area contributed by atoms with Crippen LogP contribution in [0.3, 0.4) is 0 Å². The average Bonchev–Trinajstić information content (AvgIpc) is 2.70. The van der Waals surface area contributed by atoms with Gasteiger partial charge in [0.05, 0.1) is 18.0 Å². The number of hydrogen-bond acceptors (Lipinski definition) is 5. The number of rotatable bonds is 8. The lowest BCUT2D eigenvalue weighted by Gasteiger charge is -2.21. The summed E-state index contributed by atoms with van der Waals surface area (Å²) in [6.45, 7) is 4.88. The molecule has 0 amide bonds. The standard InChI is InChI=1S/C12H23N5O2/c1-10-8-11(16(2)14-10)9-17(6-7-19-3)5-4-12(13)15-18/h8,18H,4-7,9H2,1-3H3,(H2,13,15). The smallest absolute Gasteiger partial charge is 0.140 e. The lowest BCUT2D eigenvalue weighted by atomic mass is 10.3. The van der Waals surface area contributed by atoms with E-state index in [9.17, 15) is 0 Å². The second kappa shape index (κ2) is 7.75. The number of aromatic nitrogens is 2. The van der Waals surface area contributed by atoms with Crippen LogP contribution >= 0.6 is 0 Å². The molecule has 1 heterocycles. The quantitative estimate of drug-likeness (QED) is 0.307. The Kier molecular flexibility index (Phi) is 6.31. The average molecular weight is 269 g/mol. The molecular weight excluding hydrogens is 246 g/mol. The summed E-state index contributed by atoms with van der Waals surface area (Å²) in [7, 11) is 3.61. The number of hydrogen-bond donors (Lipinski definition) is 2. The van der Waals surface area contributed by atoms with Crippen molar-refractivity contribution in [1.82, 2.24) is 14.7 Å². The first-order valence-corrected chi connectivity index (χ1v) is 6.24. The number of oxime groups is 1. The third kappa shape index (κ3) is 5.27. The molecule has 0 aliphatic rings. The SMILES string of the molecule is COCCN(CCC(N)=NO)Cc1cc(C)nn1C. The zero-order valence-electron chi connectivity index (χ0n) is 11.8. The molecule has 0 aliphatic heterocycles. The maximum absolute atomic E-state index is 8.57. The summed E-state index contributed by atoms with van der Waals surface area (Å²) in [6.07, 6.45) is 0.525. The van der Waals surface area contributed by atoms with E-state index in [1.54, 1.807) is 7.11 Å². The summed E-state index contributed by atoms with van der Waals surface area (Å²) in [4.78, 5) is 2.19. The first kappa shape index (κ1) is 15.5. The second-order valence-electron chi connectivity index (χ2n) is 4.51. The van der Waals surface area contributed by atoms with Crippen LogP contribution in [0.1, 0.15) is 17.8 Å². The highest BCUT2D eigenvalue weighted by Gasteiger charge is 2.10. The van der Waals surface area contributed by atoms with Gasteiger partial charge in [-0.05, 0) is 13.0 Å². The number of methoxy groups -OCH3 is 1. The molecule has 0 saturated heterocycles. The van der Waals surface area contributed by atoms with Gasteiger partial charge in [-0.3, -0.25) is 9.58 Å². The predicted octanol–water partition coefficient (Wildman–Crippen LogP) is 0.313. The molecule has 1 aromatic heterocycles. The van der Waals surface area contributed by atoms with E-state index < -0.39 is 0 Å². The molecule has 0 saturated carbocycles. The molecule has 0 aromatic carbocycles. The normalized spacial score (nSPS) is 12.3.